The quantitative estimate of drug-likeness (QED) is 0.547. The number of thiazole rings is 1. The highest BCUT2D eigenvalue weighted by Crippen LogP contribution is 2.27. The van der Waals surface area contributed by atoms with Gasteiger partial charge < -0.3 is 4.57 Å². The van der Waals surface area contributed by atoms with E-state index in [-0.39, 0.29) is 4.21 Å². The minimum Gasteiger partial charge on any atom is -0.318 e. The Balaban J connectivity index is 2.04. The van der Waals surface area contributed by atoms with Crippen LogP contribution in [-0.2, 0) is 17.1 Å². The van der Waals surface area contributed by atoms with Crippen LogP contribution in [-0.4, -0.2) is 13.0 Å². The molecule has 0 amide bonds. The molecule has 0 spiro atoms. The number of aryl methyl sites for hydroxylation is 1. The normalized spacial score (nSPS) is 13.2. The van der Waals surface area contributed by atoms with Crippen LogP contribution in [0.3, 0.4) is 0 Å². The minimum absolute atomic E-state index is 0.264. The van der Waals surface area contributed by atoms with Crippen molar-refractivity contribution in [3.63, 3.8) is 0 Å². The highest BCUT2D eigenvalue weighted by Gasteiger charge is 2.15. The summed E-state index contributed by atoms with van der Waals surface area (Å²) >= 11 is 2.56. The van der Waals surface area contributed by atoms with E-state index in [9.17, 15) is 8.42 Å². The second-order valence-corrected chi connectivity index (χ2v) is 8.86. The highest BCUT2D eigenvalue weighted by molar-refractivity contribution is 7.92. The van der Waals surface area contributed by atoms with E-state index < -0.39 is 10.0 Å². The molecule has 0 saturated carbocycles. The van der Waals surface area contributed by atoms with E-state index in [1.807, 2.05) is 48.0 Å². The monoisotopic (exact) mass is 360 g/mol. The summed E-state index contributed by atoms with van der Waals surface area (Å²) in [6.07, 6.45) is 0. The zero-order chi connectivity index (χ0) is 16.0. The molecule has 0 aliphatic rings. The predicted molar refractivity (Wildman–Crippen MR) is 95.4 cm³/mol. The van der Waals surface area contributed by atoms with Crippen molar-refractivity contribution in [1.82, 2.24) is 4.57 Å². The Morgan fingerprint density at radius 2 is 1.87 bits per heavy atom. The molecule has 0 atom stereocenters. The molecule has 0 aliphatic carbocycles. The van der Waals surface area contributed by atoms with Gasteiger partial charge in [0.25, 0.3) is 10.0 Å². The number of hydrogen-bond donors (Lipinski definition) is 0. The molecular formula is C16H12N2O2S3. The summed E-state index contributed by atoms with van der Waals surface area (Å²) in [5, 5.41) is 3.96. The summed E-state index contributed by atoms with van der Waals surface area (Å²) in [5.74, 6) is 0. The van der Waals surface area contributed by atoms with E-state index in [1.54, 1.807) is 17.5 Å². The van der Waals surface area contributed by atoms with E-state index in [0.29, 0.717) is 4.80 Å². The minimum atomic E-state index is -3.66. The standard InChI is InChI=1S/C16H12N2O2S3/c1-18-15-12-6-3-2-5-11(12)8-9-13(15)22-16(18)17-23(19,20)14-7-4-10-21-14/h2-10H,1H3/b17-16+. The lowest BCUT2D eigenvalue weighted by molar-refractivity contribution is 0.598. The third-order valence-corrected chi connectivity index (χ3v) is 7.49. The summed E-state index contributed by atoms with van der Waals surface area (Å²) in [7, 11) is -1.81. The first-order chi connectivity index (χ1) is 11.1. The van der Waals surface area contributed by atoms with Gasteiger partial charge in [-0.25, -0.2) is 0 Å². The zero-order valence-corrected chi connectivity index (χ0v) is 14.6. The molecule has 2 aromatic heterocycles. The summed E-state index contributed by atoms with van der Waals surface area (Å²) in [6.45, 7) is 0. The SMILES string of the molecule is Cn1/c(=N\S(=O)(=O)c2cccs2)sc2ccc3ccccc3c21. The summed E-state index contributed by atoms with van der Waals surface area (Å²) in [4.78, 5) is 0.477. The molecule has 4 rings (SSSR count). The van der Waals surface area contributed by atoms with Gasteiger partial charge in [-0.2, -0.15) is 8.42 Å². The molecule has 7 heteroatoms. The molecule has 116 valence electrons. The molecular weight excluding hydrogens is 348 g/mol. The number of fused-ring (bicyclic) bond motifs is 3. The number of aromatic nitrogens is 1. The van der Waals surface area contributed by atoms with Gasteiger partial charge in [-0.05, 0) is 22.9 Å². The fourth-order valence-electron chi connectivity index (χ4n) is 2.56. The van der Waals surface area contributed by atoms with Gasteiger partial charge in [0.15, 0.2) is 0 Å². The lowest BCUT2D eigenvalue weighted by Gasteiger charge is -2.01. The van der Waals surface area contributed by atoms with Gasteiger partial charge in [0.2, 0.25) is 4.80 Å². The first-order valence-electron chi connectivity index (χ1n) is 6.88. The number of rotatable bonds is 2. The van der Waals surface area contributed by atoms with Crippen LogP contribution in [0.1, 0.15) is 0 Å². The van der Waals surface area contributed by atoms with Gasteiger partial charge >= 0.3 is 0 Å². The fraction of sp³-hybridized carbons (Fsp3) is 0.0625. The van der Waals surface area contributed by atoms with Crippen molar-refractivity contribution in [2.75, 3.05) is 0 Å². The van der Waals surface area contributed by atoms with Crippen molar-refractivity contribution in [1.29, 1.82) is 0 Å². The Morgan fingerprint density at radius 3 is 2.65 bits per heavy atom. The molecule has 0 unspecified atom stereocenters. The zero-order valence-electron chi connectivity index (χ0n) is 12.1. The Hall–Kier alpha value is -1.96. The van der Waals surface area contributed by atoms with Crippen molar-refractivity contribution in [3.8, 4) is 0 Å². The van der Waals surface area contributed by atoms with Crippen molar-refractivity contribution in [2.45, 2.75) is 4.21 Å². The van der Waals surface area contributed by atoms with Crippen molar-refractivity contribution >= 4 is 53.7 Å². The number of thiophene rings is 1. The first-order valence-corrected chi connectivity index (χ1v) is 10.0. The van der Waals surface area contributed by atoms with Crippen LogP contribution in [0.25, 0.3) is 21.0 Å². The van der Waals surface area contributed by atoms with E-state index >= 15 is 0 Å². The van der Waals surface area contributed by atoms with Crippen molar-refractivity contribution in [3.05, 3.63) is 58.7 Å². The molecule has 0 N–H and O–H groups in total. The lowest BCUT2D eigenvalue weighted by atomic mass is 10.1. The molecule has 0 saturated heterocycles. The fourth-order valence-corrected chi connectivity index (χ4v) is 5.79. The van der Waals surface area contributed by atoms with Crippen LogP contribution >= 0.6 is 22.7 Å². The molecule has 0 aliphatic heterocycles. The van der Waals surface area contributed by atoms with Gasteiger partial charge in [-0.1, -0.05) is 47.7 Å². The third kappa shape index (κ3) is 2.41. The second-order valence-electron chi connectivity index (χ2n) is 5.08. The van der Waals surface area contributed by atoms with Crippen LogP contribution in [0.5, 0.6) is 0 Å². The topological polar surface area (TPSA) is 51.4 Å². The molecule has 2 aromatic carbocycles. The van der Waals surface area contributed by atoms with Gasteiger partial charge in [-0.3, -0.25) is 0 Å². The smallest absolute Gasteiger partial charge is 0.294 e. The van der Waals surface area contributed by atoms with Crippen LogP contribution < -0.4 is 4.80 Å². The van der Waals surface area contributed by atoms with E-state index in [1.165, 1.54) is 22.7 Å². The van der Waals surface area contributed by atoms with Gasteiger partial charge in [-0.15, -0.1) is 15.7 Å². The Labute approximate surface area is 141 Å². The molecule has 0 fully saturated rings. The van der Waals surface area contributed by atoms with E-state index in [2.05, 4.69) is 4.40 Å². The van der Waals surface area contributed by atoms with Crippen LogP contribution in [0.2, 0.25) is 0 Å². The molecule has 0 bridgehead atoms. The molecule has 2 heterocycles. The Morgan fingerprint density at radius 1 is 1.04 bits per heavy atom. The van der Waals surface area contributed by atoms with Crippen LogP contribution in [0, 0.1) is 0 Å². The largest absolute Gasteiger partial charge is 0.318 e. The summed E-state index contributed by atoms with van der Waals surface area (Å²) in [6, 6.07) is 15.4. The number of benzene rings is 2. The molecule has 23 heavy (non-hydrogen) atoms. The number of hydrogen-bond acceptors (Lipinski definition) is 4. The van der Waals surface area contributed by atoms with Crippen molar-refractivity contribution in [2.24, 2.45) is 11.4 Å². The first kappa shape index (κ1) is 14.6. The second kappa shape index (κ2) is 5.30. The molecule has 4 aromatic rings. The predicted octanol–water partition coefficient (Wildman–Crippen LogP) is 3.74. The summed E-state index contributed by atoms with van der Waals surface area (Å²) < 4.78 is 32.0. The average Bonchev–Trinajstić information content (AvgIpc) is 3.17. The number of nitrogens with zero attached hydrogens (tertiary/aromatic N) is 2. The maximum Gasteiger partial charge on any atom is 0.294 e. The highest BCUT2D eigenvalue weighted by atomic mass is 32.2. The Kier molecular flexibility index (Phi) is 3.37. The van der Waals surface area contributed by atoms with Gasteiger partial charge in [0, 0.05) is 12.4 Å². The van der Waals surface area contributed by atoms with E-state index in [0.717, 1.165) is 21.0 Å². The number of sulfonamides is 1. The van der Waals surface area contributed by atoms with Crippen LogP contribution in [0.15, 0.2) is 62.5 Å². The summed E-state index contributed by atoms with van der Waals surface area (Å²) in [5.41, 5.74) is 1.01. The van der Waals surface area contributed by atoms with Crippen molar-refractivity contribution < 1.29 is 8.42 Å². The average molecular weight is 360 g/mol. The van der Waals surface area contributed by atoms with Crippen LogP contribution in [0.4, 0.5) is 0 Å². The van der Waals surface area contributed by atoms with E-state index in [4.69, 9.17) is 0 Å². The maximum absolute atomic E-state index is 12.4. The maximum atomic E-state index is 12.4. The van der Waals surface area contributed by atoms with Gasteiger partial charge in [0.05, 0.1) is 10.2 Å². The third-order valence-electron chi connectivity index (χ3n) is 3.63. The molecule has 0 radical (unpaired) electrons. The Bertz CT molecular complexity index is 1180. The molecule has 4 nitrogen and oxygen atoms in total. The van der Waals surface area contributed by atoms with Gasteiger partial charge in [0.1, 0.15) is 4.21 Å². The lowest BCUT2D eigenvalue weighted by Crippen LogP contribution is -2.13.